The van der Waals surface area contributed by atoms with Gasteiger partial charge in [0.05, 0.1) is 5.60 Å². The topological polar surface area (TPSA) is 32.7 Å². The van der Waals surface area contributed by atoms with Crippen molar-refractivity contribution in [2.75, 3.05) is 26.2 Å². The minimum atomic E-state index is -0.535. The summed E-state index contributed by atoms with van der Waals surface area (Å²) in [5, 5.41) is 10.1. The Kier molecular flexibility index (Phi) is 4.95. The number of ether oxygens (including phenoxy) is 1. The van der Waals surface area contributed by atoms with Gasteiger partial charge < -0.3 is 9.84 Å². The van der Waals surface area contributed by atoms with Crippen molar-refractivity contribution in [3.05, 3.63) is 29.8 Å². The maximum atomic E-state index is 10.1. The van der Waals surface area contributed by atoms with Crippen LogP contribution in [0.3, 0.4) is 0 Å². The lowest BCUT2D eigenvalue weighted by Gasteiger charge is -2.36. The average molecular weight is 291 g/mol. The second kappa shape index (κ2) is 6.37. The first-order valence-electron chi connectivity index (χ1n) is 7.94. The number of likely N-dealkylation sites (tertiary alicyclic amines) is 1. The van der Waals surface area contributed by atoms with Crippen LogP contribution in [0, 0.1) is 0 Å². The largest absolute Gasteiger partial charge is 0.492 e. The fourth-order valence-electron chi connectivity index (χ4n) is 2.86. The number of nitrogens with zero attached hydrogens (tertiary/aromatic N) is 1. The highest BCUT2D eigenvalue weighted by atomic mass is 16.5. The third kappa shape index (κ3) is 5.01. The highest BCUT2D eigenvalue weighted by molar-refractivity contribution is 5.31. The summed E-state index contributed by atoms with van der Waals surface area (Å²) in [7, 11) is 0. The molecule has 1 saturated heterocycles. The first-order chi connectivity index (χ1) is 9.76. The third-order valence-corrected chi connectivity index (χ3v) is 4.15. The van der Waals surface area contributed by atoms with Crippen LogP contribution in [-0.4, -0.2) is 41.8 Å². The second-order valence-corrected chi connectivity index (χ2v) is 7.50. The molecule has 21 heavy (non-hydrogen) atoms. The van der Waals surface area contributed by atoms with Crippen LogP contribution in [-0.2, 0) is 5.41 Å². The summed E-state index contributed by atoms with van der Waals surface area (Å²) in [5.74, 6) is 0.923. The van der Waals surface area contributed by atoms with Crippen LogP contribution in [0.4, 0.5) is 0 Å². The summed E-state index contributed by atoms with van der Waals surface area (Å²) in [4.78, 5) is 2.28. The predicted molar refractivity (Wildman–Crippen MR) is 86.9 cm³/mol. The van der Waals surface area contributed by atoms with Crippen LogP contribution in [0.15, 0.2) is 24.3 Å². The minimum Gasteiger partial charge on any atom is -0.492 e. The molecule has 0 amide bonds. The van der Waals surface area contributed by atoms with Gasteiger partial charge in [-0.1, -0.05) is 32.9 Å². The highest BCUT2D eigenvalue weighted by Gasteiger charge is 2.27. The number of hydrogen-bond acceptors (Lipinski definition) is 3. The molecular weight excluding hydrogens is 262 g/mol. The first-order valence-corrected chi connectivity index (χ1v) is 7.94. The number of hydrogen-bond donors (Lipinski definition) is 1. The first kappa shape index (κ1) is 16.3. The van der Waals surface area contributed by atoms with E-state index in [2.05, 4.69) is 37.8 Å². The molecule has 1 atom stereocenters. The summed E-state index contributed by atoms with van der Waals surface area (Å²) in [5.41, 5.74) is 0.965. The fraction of sp³-hybridized carbons (Fsp3) is 0.667. The molecule has 1 unspecified atom stereocenters. The van der Waals surface area contributed by atoms with E-state index < -0.39 is 5.60 Å². The van der Waals surface area contributed by atoms with Gasteiger partial charge in [0.15, 0.2) is 0 Å². The lowest BCUT2D eigenvalue weighted by Crippen LogP contribution is -2.47. The van der Waals surface area contributed by atoms with Crippen molar-refractivity contribution in [2.45, 2.75) is 51.6 Å². The summed E-state index contributed by atoms with van der Waals surface area (Å²) in [6.45, 7) is 11.9. The van der Waals surface area contributed by atoms with Gasteiger partial charge in [-0.2, -0.15) is 0 Å². The molecule has 1 N–H and O–H groups in total. The number of aliphatic hydroxyl groups is 1. The number of rotatable bonds is 4. The summed E-state index contributed by atoms with van der Waals surface area (Å²) in [6, 6.07) is 8.38. The van der Waals surface area contributed by atoms with Gasteiger partial charge in [-0.15, -0.1) is 0 Å². The molecular formula is C18H29NO2. The van der Waals surface area contributed by atoms with E-state index in [-0.39, 0.29) is 5.41 Å². The molecule has 1 heterocycles. The normalized spacial score (nSPS) is 24.0. The van der Waals surface area contributed by atoms with E-state index in [1.807, 2.05) is 19.1 Å². The average Bonchev–Trinajstić information content (AvgIpc) is 2.37. The highest BCUT2D eigenvalue weighted by Crippen LogP contribution is 2.24. The molecule has 1 fully saturated rings. The van der Waals surface area contributed by atoms with E-state index in [0.717, 1.165) is 38.2 Å². The molecule has 0 aromatic heterocycles. The van der Waals surface area contributed by atoms with Gasteiger partial charge >= 0.3 is 0 Å². The predicted octanol–water partition coefficient (Wildman–Crippen LogP) is 3.21. The van der Waals surface area contributed by atoms with Crippen molar-refractivity contribution >= 4 is 0 Å². The molecule has 1 aliphatic rings. The van der Waals surface area contributed by atoms with Gasteiger partial charge in [0.25, 0.3) is 0 Å². The SMILES string of the molecule is CC1(O)CCCN(CCOc2ccc(C(C)(C)C)cc2)C1. The molecule has 0 bridgehead atoms. The lowest BCUT2D eigenvalue weighted by molar-refractivity contribution is -0.0183. The zero-order chi connectivity index (χ0) is 15.5. The van der Waals surface area contributed by atoms with Gasteiger partial charge in [0, 0.05) is 13.1 Å². The lowest BCUT2D eigenvalue weighted by atomic mass is 9.87. The standard InChI is InChI=1S/C18H29NO2/c1-17(2,3)15-6-8-16(9-7-15)21-13-12-19-11-5-10-18(4,20)14-19/h6-9,20H,5,10-14H2,1-4H3. The molecule has 0 aliphatic carbocycles. The molecule has 0 spiro atoms. The van der Waals surface area contributed by atoms with E-state index >= 15 is 0 Å². The summed E-state index contributed by atoms with van der Waals surface area (Å²) >= 11 is 0. The quantitative estimate of drug-likeness (QED) is 0.924. The van der Waals surface area contributed by atoms with Gasteiger partial charge in [-0.3, -0.25) is 4.90 Å². The maximum Gasteiger partial charge on any atom is 0.119 e. The van der Waals surface area contributed by atoms with E-state index in [4.69, 9.17) is 4.74 Å². The van der Waals surface area contributed by atoms with Crippen molar-refractivity contribution < 1.29 is 9.84 Å². The van der Waals surface area contributed by atoms with Crippen molar-refractivity contribution in [3.63, 3.8) is 0 Å². The van der Waals surface area contributed by atoms with Gasteiger partial charge in [-0.25, -0.2) is 0 Å². The summed E-state index contributed by atoms with van der Waals surface area (Å²) < 4.78 is 5.82. The van der Waals surface area contributed by atoms with Crippen LogP contribution in [0.2, 0.25) is 0 Å². The zero-order valence-corrected chi connectivity index (χ0v) is 13.9. The monoisotopic (exact) mass is 291 g/mol. The zero-order valence-electron chi connectivity index (χ0n) is 13.9. The molecule has 2 rings (SSSR count). The van der Waals surface area contributed by atoms with E-state index in [1.165, 1.54) is 5.56 Å². The van der Waals surface area contributed by atoms with E-state index in [9.17, 15) is 5.11 Å². The fourth-order valence-corrected chi connectivity index (χ4v) is 2.86. The van der Waals surface area contributed by atoms with Crippen molar-refractivity contribution in [1.82, 2.24) is 4.90 Å². The van der Waals surface area contributed by atoms with Crippen molar-refractivity contribution in [3.8, 4) is 5.75 Å². The molecule has 1 aromatic carbocycles. The van der Waals surface area contributed by atoms with Gasteiger partial charge in [-0.05, 0) is 49.4 Å². The Bertz CT molecular complexity index is 445. The Morgan fingerprint density at radius 3 is 2.48 bits per heavy atom. The Balaban J connectivity index is 1.78. The summed E-state index contributed by atoms with van der Waals surface area (Å²) in [6.07, 6.45) is 1.96. The molecule has 118 valence electrons. The van der Waals surface area contributed by atoms with Crippen LogP contribution in [0.5, 0.6) is 5.75 Å². The van der Waals surface area contributed by atoms with Gasteiger partial charge in [0.1, 0.15) is 12.4 Å². The van der Waals surface area contributed by atoms with Crippen LogP contribution >= 0.6 is 0 Å². The van der Waals surface area contributed by atoms with Crippen molar-refractivity contribution in [1.29, 1.82) is 0 Å². The Morgan fingerprint density at radius 1 is 1.24 bits per heavy atom. The molecule has 1 aromatic rings. The van der Waals surface area contributed by atoms with Crippen LogP contribution in [0.25, 0.3) is 0 Å². The van der Waals surface area contributed by atoms with E-state index in [0.29, 0.717) is 6.61 Å². The third-order valence-electron chi connectivity index (χ3n) is 4.15. The number of piperidine rings is 1. The smallest absolute Gasteiger partial charge is 0.119 e. The van der Waals surface area contributed by atoms with Gasteiger partial charge in [0.2, 0.25) is 0 Å². The van der Waals surface area contributed by atoms with Crippen molar-refractivity contribution in [2.24, 2.45) is 0 Å². The Hall–Kier alpha value is -1.06. The van der Waals surface area contributed by atoms with E-state index in [1.54, 1.807) is 0 Å². The molecule has 0 saturated carbocycles. The van der Waals surface area contributed by atoms with Crippen LogP contribution < -0.4 is 4.74 Å². The minimum absolute atomic E-state index is 0.178. The second-order valence-electron chi connectivity index (χ2n) is 7.50. The number of benzene rings is 1. The molecule has 0 radical (unpaired) electrons. The van der Waals surface area contributed by atoms with Crippen LogP contribution in [0.1, 0.15) is 46.1 Å². The Labute approximate surface area is 128 Å². The number of β-amino-alcohol motifs (C(OH)–C–C–N with tert-alkyl or cyclic N) is 1. The molecule has 1 aliphatic heterocycles. The molecule has 3 nitrogen and oxygen atoms in total. The maximum absolute atomic E-state index is 10.1. The Morgan fingerprint density at radius 2 is 1.90 bits per heavy atom. The molecule has 3 heteroatoms.